The number of aryl methyl sites for hydroxylation is 2. The standard InChI is InChI=1S/C15H22Cl2N4O/c1-9(2)12-10(3)18-11(4)19-14(12)20-5-7-21(8-6-20)15(22)13(16)17/h9,13H,5-8H2,1-4H3. The summed E-state index contributed by atoms with van der Waals surface area (Å²) < 4.78 is 0. The van der Waals surface area contributed by atoms with Crippen molar-refractivity contribution >= 4 is 34.9 Å². The molecular weight excluding hydrogens is 323 g/mol. The highest BCUT2D eigenvalue weighted by Gasteiger charge is 2.27. The van der Waals surface area contributed by atoms with E-state index in [1.165, 1.54) is 5.56 Å². The lowest BCUT2D eigenvalue weighted by Gasteiger charge is -2.37. The lowest BCUT2D eigenvalue weighted by Crippen LogP contribution is -2.50. The fraction of sp³-hybridized carbons (Fsp3) is 0.667. The maximum atomic E-state index is 11.8. The fourth-order valence-electron chi connectivity index (χ4n) is 2.90. The molecule has 1 aliphatic rings. The minimum absolute atomic E-state index is 0.220. The van der Waals surface area contributed by atoms with Gasteiger partial charge in [-0.1, -0.05) is 37.0 Å². The van der Waals surface area contributed by atoms with Crippen molar-refractivity contribution in [2.75, 3.05) is 31.1 Å². The van der Waals surface area contributed by atoms with Crippen LogP contribution in [0.3, 0.4) is 0 Å². The summed E-state index contributed by atoms with van der Waals surface area (Å²) in [6.45, 7) is 10.9. The Morgan fingerprint density at radius 2 is 1.68 bits per heavy atom. The first-order valence-electron chi connectivity index (χ1n) is 7.48. The molecule has 1 saturated heterocycles. The number of alkyl halides is 2. The maximum absolute atomic E-state index is 11.8. The molecule has 7 heteroatoms. The van der Waals surface area contributed by atoms with Gasteiger partial charge in [-0.25, -0.2) is 9.97 Å². The van der Waals surface area contributed by atoms with Gasteiger partial charge in [0.25, 0.3) is 5.91 Å². The van der Waals surface area contributed by atoms with Crippen LogP contribution in [0, 0.1) is 13.8 Å². The quantitative estimate of drug-likeness (QED) is 0.791. The molecule has 1 aromatic rings. The van der Waals surface area contributed by atoms with Gasteiger partial charge in [0.1, 0.15) is 11.6 Å². The second kappa shape index (κ2) is 7.01. The Labute approximate surface area is 141 Å². The second-order valence-electron chi connectivity index (χ2n) is 5.86. The Hall–Kier alpha value is -1.07. The van der Waals surface area contributed by atoms with Crippen LogP contribution in [-0.2, 0) is 4.79 Å². The number of aromatic nitrogens is 2. The summed E-state index contributed by atoms with van der Waals surface area (Å²) in [7, 11) is 0. The molecule has 122 valence electrons. The summed E-state index contributed by atoms with van der Waals surface area (Å²) in [4.78, 5) is 23.9. The van der Waals surface area contributed by atoms with Crippen molar-refractivity contribution < 1.29 is 4.79 Å². The zero-order valence-corrected chi connectivity index (χ0v) is 14.9. The molecule has 2 heterocycles. The Bertz CT molecular complexity index is 555. The van der Waals surface area contributed by atoms with Gasteiger partial charge in [0.05, 0.1) is 0 Å². The van der Waals surface area contributed by atoms with Gasteiger partial charge in [-0.2, -0.15) is 0 Å². The Balaban J connectivity index is 2.20. The van der Waals surface area contributed by atoms with E-state index in [-0.39, 0.29) is 5.91 Å². The average Bonchev–Trinajstić information content (AvgIpc) is 2.45. The molecule has 1 amide bonds. The third-order valence-electron chi connectivity index (χ3n) is 3.88. The Morgan fingerprint density at radius 3 is 2.18 bits per heavy atom. The van der Waals surface area contributed by atoms with E-state index < -0.39 is 4.84 Å². The Kier molecular flexibility index (Phi) is 5.50. The first kappa shape index (κ1) is 17.3. The molecule has 0 aromatic carbocycles. The van der Waals surface area contributed by atoms with Crippen molar-refractivity contribution in [3.63, 3.8) is 0 Å². The van der Waals surface area contributed by atoms with Gasteiger partial charge in [-0.3, -0.25) is 4.79 Å². The molecule has 1 fully saturated rings. The first-order chi connectivity index (χ1) is 10.3. The van der Waals surface area contributed by atoms with Gasteiger partial charge in [-0.05, 0) is 19.8 Å². The molecule has 0 bridgehead atoms. The molecule has 0 saturated carbocycles. The summed E-state index contributed by atoms with van der Waals surface area (Å²) in [5.74, 6) is 1.89. The zero-order valence-electron chi connectivity index (χ0n) is 13.4. The number of carbonyl (C=O) groups excluding carboxylic acids is 1. The zero-order chi connectivity index (χ0) is 16.4. The third-order valence-corrected chi connectivity index (χ3v) is 4.26. The summed E-state index contributed by atoms with van der Waals surface area (Å²) in [6, 6.07) is 0. The largest absolute Gasteiger partial charge is 0.353 e. The van der Waals surface area contributed by atoms with Gasteiger partial charge >= 0.3 is 0 Å². The number of hydrogen-bond acceptors (Lipinski definition) is 4. The van der Waals surface area contributed by atoms with Crippen molar-refractivity contribution in [3.05, 3.63) is 17.1 Å². The molecule has 0 radical (unpaired) electrons. The van der Waals surface area contributed by atoms with Crippen LogP contribution >= 0.6 is 23.2 Å². The molecule has 1 aromatic heterocycles. The van der Waals surface area contributed by atoms with Gasteiger partial charge in [0, 0.05) is 37.4 Å². The number of piperazine rings is 1. The van der Waals surface area contributed by atoms with Crippen LogP contribution < -0.4 is 4.90 Å². The van der Waals surface area contributed by atoms with E-state index in [4.69, 9.17) is 23.2 Å². The monoisotopic (exact) mass is 344 g/mol. The van der Waals surface area contributed by atoms with Crippen molar-refractivity contribution in [1.82, 2.24) is 14.9 Å². The van der Waals surface area contributed by atoms with Gasteiger partial charge in [0.15, 0.2) is 4.84 Å². The predicted molar refractivity (Wildman–Crippen MR) is 89.9 cm³/mol. The summed E-state index contributed by atoms with van der Waals surface area (Å²) in [5, 5.41) is 0. The number of hydrogen-bond donors (Lipinski definition) is 0. The van der Waals surface area contributed by atoms with Crippen LogP contribution in [0.5, 0.6) is 0 Å². The lowest BCUT2D eigenvalue weighted by atomic mass is 10.0. The topological polar surface area (TPSA) is 49.3 Å². The van der Waals surface area contributed by atoms with Gasteiger partial charge < -0.3 is 9.80 Å². The number of amides is 1. The molecular formula is C15H22Cl2N4O. The van der Waals surface area contributed by atoms with Crippen LogP contribution in [0.2, 0.25) is 0 Å². The number of halogens is 2. The number of anilines is 1. The molecule has 0 atom stereocenters. The molecule has 0 unspecified atom stereocenters. The first-order valence-corrected chi connectivity index (χ1v) is 8.35. The number of rotatable bonds is 3. The molecule has 0 spiro atoms. The number of nitrogens with zero attached hydrogens (tertiary/aromatic N) is 4. The average molecular weight is 345 g/mol. The van der Waals surface area contributed by atoms with Crippen molar-refractivity contribution in [2.24, 2.45) is 0 Å². The van der Waals surface area contributed by atoms with Crippen molar-refractivity contribution in [3.8, 4) is 0 Å². The van der Waals surface area contributed by atoms with Crippen LogP contribution in [0.1, 0.15) is 36.8 Å². The molecule has 5 nitrogen and oxygen atoms in total. The highest BCUT2D eigenvalue weighted by molar-refractivity contribution is 6.53. The van der Waals surface area contributed by atoms with Crippen molar-refractivity contribution in [2.45, 2.75) is 38.4 Å². The highest BCUT2D eigenvalue weighted by atomic mass is 35.5. The molecule has 0 N–H and O–H groups in total. The SMILES string of the molecule is Cc1nc(C)c(C(C)C)c(N2CCN(C(=O)C(Cl)Cl)CC2)n1. The van der Waals surface area contributed by atoms with Crippen LogP contribution in [0.25, 0.3) is 0 Å². The van der Waals surface area contributed by atoms with Gasteiger partial charge in [-0.15, -0.1) is 0 Å². The van der Waals surface area contributed by atoms with Crippen LogP contribution in [0.4, 0.5) is 5.82 Å². The fourth-order valence-corrected chi connectivity index (χ4v) is 3.17. The van der Waals surface area contributed by atoms with E-state index in [0.717, 1.165) is 30.4 Å². The molecule has 22 heavy (non-hydrogen) atoms. The minimum atomic E-state index is -0.985. The third kappa shape index (κ3) is 3.63. The minimum Gasteiger partial charge on any atom is -0.353 e. The van der Waals surface area contributed by atoms with Gasteiger partial charge in [0.2, 0.25) is 0 Å². The van der Waals surface area contributed by atoms with E-state index in [1.54, 1.807) is 4.90 Å². The Morgan fingerprint density at radius 1 is 1.09 bits per heavy atom. The number of carbonyl (C=O) groups is 1. The second-order valence-corrected chi connectivity index (χ2v) is 6.96. The summed E-state index contributed by atoms with van der Waals surface area (Å²) in [5.41, 5.74) is 2.20. The predicted octanol–water partition coefficient (Wildman–Crippen LogP) is 2.67. The smallest absolute Gasteiger partial charge is 0.255 e. The van der Waals surface area contributed by atoms with E-state index in [1.807, 2.05) is 13.8 Å². The molecule has 0 aliphatic carbocycles. The summed E-state index contributed by atoms with van der Waals surface area (Å²) >= 11 is 11.3. The van der Waals surface area contributed by atoms with Crippen LogP contribution in [0.15, 0.2) is 0 Å². The van der Waals surface area contributed by atoms with Crippen molar-refractivity contribution in [1.29, 1.82) is 0 Å². The summed E-state index contributed by atoms with van der Waals surface area (Å²) in [6.07, 6.45) is 0. The normalized spacial score (nSPS) is 15.8. The van der Waals surface area contributed by atoms with E-state index in [9.17, 15) is 4.79 Å². The maximum Gasteiger partial charge on any atom is 0.255 e. The van der Waals surface area contributed by atoms with E-state index in [0.29, 0.717) is 19.0 Å². The molecule has 1 aliphatic heterocycles. The lowest BCUT2D eigenvalue weighted by molar-refractivity contribution is -0.129. The molecule has 2 rings (SSSR count). The van der Waals surface area contributed by atoms with Crippen LogP contribution in [-0.4, -0.2) is 51.8 Å². The van der Waals surface area contributed by atoms with E-state index >= 15 is 0 Å². The highest BCUT2D eigenvalue weighted by Crippen LogP contribution is 2.29. The van der Waals surface area contributed by atoms with E-state index in [2.05, 4.69) is 28.7 Å².